The molecule has 28 heavy (non-hydrogen) atoms. The molecule has 3 aromatic rings. The van der Waals surface area contributed by atoms with Gasteiger partial charge in [-0.15, -0.1) is 11.3 Å². The maximum absolute atomic E-state index is 12.1. The van der Waals surface area contributed by atoms with Crippen LogP contribution in [0, 0.1) is 20.2 Å². The third-order valence-electron chi connectivity index (χ3n) is 3.76. The molecule has 2 aromatic carbocycles. The van der Waals surface area contributed by atoms with Crippen LogP contribution in [-0.4, -0.2) is 20.8 Å². The number of ether oxygens (including phenoxy) is 1. The number of nitro benzene ring substituents is 2. The summed E-state index contributed by atoms with van der Waals surface area (Å²) in [5.41, 5.74) is 0.650. The van der Waals surface area contributed by atoms with Crippen molar-refractivity contribution in [3.05, 3.63) is 85.4 Å². The van der Waals surface area contributed by atoms with Crippen molar-refractivity contribution in [1.29, 1.82) is 0 Å². The van der Waals surface area contributed by atoms with E-state index >= 15 is 0 Å². The third-order valence-corrected chi connectivity index (χ3v) is 4.70. The Morgan fingerprint density at radius 1 is 1.07 bits per heavy atom. The Morgan fingerprint density at radius 3 is 2.50 bits per heavy atom. The highest BCUT2D eigenvalue weighted by molar-refractivity contribution is 7.13. The lowest BCUT2D eigenvalue weighted by molar-refractivity contribution is -0.394. The number of hydrogen-bond donors (Lipinski definition) is 0. The van der Waals surface area contributed by atoms with Gasteiger partial charge in [0.05, 0.1) is 28.0 Å². The summed E-state index contributed by atoms with van der Waals surface area (Å²) in [7, 11) is 0. The van der Waals surface area contributed by atoms with Crippen LogP contribution in [0.5, 0.6) is 0 Å². The number of rotatable bonds is 7. The van der Waals surface area contributed by atoms with Gasteiger partial charge in [0.15, 0.2) is 0 Å². The zero-order valence-corrected chi connectivity index (χ0v) is 15.1. The van der Waals surface area contributed by atoms with Gasteiger partial charge in [-0.25, -0.2) is 4.98 Å². The van der Waals surface area contributed by atoms with Crippen molar-refractivity contribution in [2.75, 3.05) is 0 Å². The summed E-state index contributed by atoms with van der Waals surface area (Å²) in [6.07, 6.45) is -0.371. The van der Waals surface area contributed by atoms with Gasteiger partial charge in [0.25, 0.3) is 11.4 Å². The summed E-state index contributed by atoms with van der Waals surface area (Å²) in [6.45, 7) is -0.0665. The second-order valence-electron chi connectivity index (χ2n) is 5.67. The summed E-state index contributed by atoms with van der Waals surface area (Å²) in [6, 6.07) is 12.7. The van der Waals surface area contributed by atoms with Crippen LogP contribution in [-0.2, 0) is 22.6 Å². The van der Waals surface area contributed by atoms with E-state index in [0.717, 1.165) is 22.7 Å². The summed E-state index contributed by atoms with van der Waals surface area (Å²) < 4.78 is 5.14. The largest absolute Gasteiger partial charge is 0.459 e. The van der Waals surface area contributed by atoms with Crippen LogP contribution in [0.25, 0.3) is 10.6 Å². The number of thiazole rings is 1. The van der Waals surface area contributed by atoms with E-state index in [1.54, 1.807) is 5.38 Å². The van der Waals surface area contributed by atoms with E-state index in [0.29, 0.717) is 5.69 Å². The normalized spacial score (nSPS) is 10.4. The fourth-order valence-electron chi connectivity index (χ4n) is 2.43. The van der Waals surface area contributed by atoms with Crippen LogP contribution >= 0.6 is 11.3 Å². The summed E-state index contributed by atoms with van der Waals surface area (Å²) in [4.78, 5) is 36.8. The molecule has 0 aliphatic carbocycles. The highest BCUT2D eigenvalue weighted by Crippen LogP contribution is 2.26. The summed E-state index contributed by atoms with van der Waals surface area (Å²) >= 11 is 1.41. The van der Waals surface area contributed by atoms with Gasteiger partial charge in [-0.3, -0.25) is 25.0 Å². The lowest BCUT2D eigenvalue weighted by atomic mass is 10.1. The van der Waals surface area contributed by atoms with Gasteiger partial charge >= 0.3 is 5.97 Å². The van der Waals surface area contributed by atoms with Crippen molar-refractivity contribution in [2.45, 2.75) is 13.0 Å². The molecule has 142 valence electrons. The van der Waals surface area contributed by atoms with Crippen LogP contribution in [0.4, 0.5) is 11.4 Å². The Balaban J connectivity index is 1.64. The zero-order chi connectivity index (χ0) is 20.1. The monoisotopic (exact) mass is 399 g/mol. The molecule has 0 amide bonds. The average molecular weight is 399 g/mol. The molecule has 1 heterocycles. The van der Waals surface area contributed by atoms with Crippen LogP contribution in [0.3, 0.4) is 0 Å². The molecule has 0 atom stereocenters. The number of carbonyl (C=O) groups is 1. The minimum atomic E-state index is -0.762. The fourth-order valence-corrected chi connectivity index (χ4v) is 3.24. The minimum Gasteiger partial charge on any atom is -0.459 e. The second kappa shape index (κ2) is 8.35. The number of nitro groups is 2. The number of hydrogen-bond acceptors (Lipinski definition) is 8. The van der Waals surface area contributed by atoms with Gasteiger partial charge in [-0.2, -0.15) is 0 Å². The molecule has 0 radical (unpaired) electrons. The molecule has 0 spiro atoms. The van der Waals surface area contributed by atoms with Gasteiger partial charge in [-0.1, -0.05) is 30.3 Å². The van der Waals surface area contributed by atoms with Crippen molar-refractivity contribution < 1.29 is 19.4 Å². The van der Waals surface area contributed by atoms with Crippen molar-refractivity contribution >= 4 is 28.7 Å². The molecule has 10 heteroatoms. The highest BCUT2D eigenvalue weighted by atomic mass is 32.1. The number of aromatic nitrogens is 1. The van der Waals surface area contributed by atoms with E-state index in [1.165, 1.54) is 17.4 Å². The van der Waals surface area contributed by atoms with Crippen molar-refractivity contribution in [2.24, 2.45) is 0 Å². The molecule has 0 fully saturated rings. The second-order valence-corrected chi connectivity index (χ2v) is 6.53. The van der Waals surface area contributed by atoms with Crippen LogP contribution in [0.1, 0.15) is 11.3 Å². The molecule has 0 aliphatic rings. The van der Waals surface area contributed by atoms with E-state index in [4.69, 9.17) is 4.74 Å². The Labute approximate surface area is 162 Å². The lowest BCUT2D eigenvalue weighted by Gasteiger charge is -2.04. The van der Waals surface area contributed by atoms with Crippen molar-refractivity contribution in [1.82, 2.24) is 4.98 Å². The molecule has 0 saturated heterocycles. The molecule has 1 aromatic heterocycles. The average Bonchev–Trinajstić information content (AvgIpc) is 3.16. The predicted octanol–water partition coefficient (Wildman–Crippen LogP) is 3.91. The molecule has 0 bridgehead atoms. The smallest absolute Gasteiger partial charge is 0.310 e. The highest BCUT2D eigenvalue weighted by Gasteiger charge is 2.21. The Kier molecular flexibility index (Phi) is 5.70. The number of nitrogens with zero attached hydrogens (tertiary/aromatic N) is 3. The molecule has 9 nitrogen and oxygen atoms in total. The molecule has 0 unspecified atom stereocenters. The lowest BCUT2D eigenvalue weighted by Crippen LogP contribution is -2.10. The SMILES string of the molecule is O=C(Cc1ccc([N+](=O)[O-])cc1[N+](=O)[O-])OCc1csc(-c2ccccc2)n1. The molecule has 3 rings (SSSR count). The van der Waals surface area contributed by atoms with Gasteiger partial charge in [-0.05, 0) is 6.07 Å². The van der Waals surface area contributed by atoms with Crippen LogP contribution in [0.2, 0.25) is 0 Å². The van der Waals surface area contributed by atoms with Gasteiger partial charge < -0.3 is 4.74 Å². The van der Waals surface area contributed by atoms with Crippen LogP contribution < -0.4 is 0 Å². The first-order valence-electron chi connectivity index (χ1n) is 8.01. The quantitative estimate of drug-likeness (QED) is 0.335. The van der Waals surface area contributed by atoms with Gasteiger partial charge in [0, 0.05) is 22.6 Å². The van der Waals surface area contributed by atoms with E-state index in [9.17, 15) is 25.0 Å². The Morgan fingerprint density at radius 2 is 1.82 bits per heavy atom. The molecule has 0 aliphatic heterocycles. The van der Waals surface area contributed by atoms with Crippen LogP contribution in [0.15, 0.2) is 53.9 Å². The zero-order valence-electron chi connectivity index (χ0n) is 14.3. The molecular formula is C18H13N3O6S. The first-order valence-corrected chi connectivity index (χ1v) is 8.89. The van der Waals surface area contributed by atoms with E-state index in [2.05, 4.69) is 4.98 Å². The topological polar surface area (TPSA) is 125 Å². The number of esters is 1. The summed E-state index contributed by atoms with van der Waals surface area (Å²) in [5, 5.41) is 24.4. The number of non-ortho nitro benzene ring substituents is 1. The Bertz CT molecular complexity index is 1030. The van der Waals surface area contributed by atoms with Crippen molar-refractivity contribution in [3.63, 3.8) is 0 Å². The van der Waals surface area contributed by atoms with Gasteiger partial charge in [0.1, 0.15) is 11.6 Å². The summed E-state index contributed by atoms with van der Waals surface area (Å²) in [5.74, 6) is -0.689. The number of benzene rings is 2. The maximum Gasteiger partial charge on any atom is 0.310 e. The minimum absolute atomic E-state index is 0.0452. The first kappa shape index (κ1) is 19.1. The molecule has 0 N–H and O–H groups in total. The van der Waals surface area contributed by atoms with Crippen molar-refractivity contribution in [3.8, 4) is 10.6 Å². The van der Waals surface area contributed by atoms with E-state index < -0.39 is 27.2 Å². The standard InChI is InChI=1S/C18H13N3O6S/c22-17(8-13-6-7-15(20(23)24)9-16(13)21(25)26)27-10-14-11-28-18(19-14)12-4-2-1-3-5-12/h1-7,9,11H,8,10H2. The van der Waals surface area contributed by atoms with Gasteiger partial charge in [0.2, 0.25) is 0 Å². The predicted molar refractivity (Wildman–Crippen MR) is 101 cm³/mol. The fraction of sp³-hybridized carbons (Fsp3) is 0.111. The molecular weight excluding hydrogens is 386 g/mol. The number of carbonyl (C=O) groups excluding carboxylic acids is 1. The Hall–Kier alpha value is -3.66. The third kappa shape index (κ3) is 4.54. The molecule has 0 saturated carbocycles. The maximum atomic E-state index is 12.1. The van der Waals surface area contributed by atoms with E-state index in [1.807, 2.05) is 30.3 Å². The first-order chi connectivity index (χ1) is 13.4. The van der Waals surface area contributed by atoms with E-state index in [-0.39, 0.29) is 18.6 Å².